The molecular weight excluding hydrogens is 300 g/mol. The lowest BCUT2D eigenvalue weighted by Crippen LogP contribution is -2.54. The van der Waals surface area contributed by atoms with Gasteiger partial charge in [0.15, 0.2) is 5.78 Å². The molecule has 4 rings (SSSR count). The van der Waals surface area contributed by atoms with Crippen molar-refractivity contribution in [1.82, 2.24) is 0 Å². The van der Waals surface area contributed by atoms with Gasteiger partial charge in [0, 0.05) is 17.8 Å². The smallest absolute Gasteiger partial charge is 0.178 e. The molecule has 130 valence electrons. The Hall–Kier alpha value is -1.22. The van der Waals surface area contributed by atoms with E-state index < -0.39 is 0 Å². The van der Waals surface area contributed by atoms with Crippen LogP contribution in [0.15, 0.2) is 23.8 Å². The molecule has 1 N–H and O–H groups in total. The number of hydrogen-bond donors (Lipinski definition) is 1. The van der Waals surface area contributed by atoms with Crippen LogP contribution in [0.1, 0.15) is 52.9 Å². The van der Waals surface area contributed by atoms with Crippen LogP contribution in [0.3, 0.4) is 0 Å². The van der Waals surface area contributed by atoms with Gasteiger partial charge in [-0.2, -0.15) is 0 Å². The summed E-state index contributed by atoms with van der Waals surface area (Å²) >= 11 is 0. The maximum Gasteiger partial charge on any atom is 0.178 e. The number of rotatable bonds is 1. The van der Waals surface area contributed by atoms with Gasteiger partial charge in [0.25, 0.3) is 0 Å². The standard InChI is InChI=1S/C21H28O3/c1-12(22)16-6-7-17-15-5-4-13-10-14(23)8-9-20(13,2)19(15)18(24)11-21(16,17)3/h8-10,12,15-17,19,22H,4-7,11H2,1-3H3/t12-,15-,16+,17-,19+,20-,21+/m0/s1. The molecule has 4 aliphatic carbocycles. The van der Waals surface area contributed by atoms with Crippen LogP contribution in [-0.4, -0.2) is 22.8 Å². The molecule has 4 aliphatic rings. The van der Waals surface area contributed by atoms with E-state index in [4.69, 9.17) is 0 Å². The highest BCUT2D eigenvalue weighted by Gasteiger charge is 2.62. The number of carbonyl (C=O) groups is 2. The van der Waals surface area contributed by atoms with Crippen molar-refractivity contribution in [2.45, 2.75) is 59.0 Å². The van der Waals surface area contributed by atoms with Gasteiger partial charge in [0.2, 0.25) is 0 Å². The molecule has 0 aromatic rings. The van der Waals surface area contributed by atoms with Crippen LogP contribution >= 0.6 is 0 Å². The highest BCUT2D eigenvalue weighted by molar-refractivity contribution is 6.01. The largest absolute Gasteiger partial charge is 0.393 e. The van der Waals surface area contributed by atoms with Crippen molar-refractivity contribution in [2.24, 2.45) is 34.5 Å². The van der Waals surface area contributed by atoms with E-state index >= 15 is 0 Å². The average Bonchev–Trinajstić information content (AvgIpc) is 2.84. The first-order valence-corrected chi connectivity index (χ1v) is 9.42. The number of Topliss-reactive ketones (excluding diaryl/α,β-unsaturated/α-hetero) is 1. The molecule has 0 aromatic carbocycles. The minimum atomic E-state index is -0.341. The maximum absolute atomic E-state index is 13.3. The highest BCUT2D eigenvalue weighted by Crippen LogP contribution is 2.65. The zero-order chi connectivity index (χ0) is 17.3. The third kappa shape index (κ3) is 2.00. The predicted octanol–water partition coefficient (Wildman–Crippen LogP) is 3.47. The molecule has 0 aromatic heterocycles. The fraction of sp³-hybridized carbons (Fsp3) is 0.714. The zero-order valence-corrected chi connectivity index (χ0v) is 14.9. The number of aliphatic hydroxyl groups is 1. The van der Waals surface area contributed by atoms with Gasteiger partial charge in [-0.3, -0.25) is 9.59 Å². The van der Waals surface area contributed by atoms with Gasteiger partial charge >= 0.3 is 0 Å². The fourth-order valence-electron chi connectivity index (χ4n) is 6.86. The molecule has 3 nitrogen and oxygen atoms in total. The first-order valence-electron chi connectivity index (χ1n) is 9.42. The summed E-state index contributed by atoms with van der Waals surface area (Å²) in [5, 5.41) is 10.2. The monoisotopic (exact) mass is 328 g/mol. The molecule has 0 amide bonds. The Labute approximate surface area is 144 Å². The first-order chi connectivity index (χ1) is 11.3. The molecule has 0 bridgehead atoms. The third-order valence-electron chi connectivity index (χ3n) is 7.91. The predicted molar refractivity (Wildman–Crippen MR) is 92.2 cm³/mol. The van der Waals surface area contributed by atoms with Crippen molar-refractivity contribution in [3.63, 3.8) is 0 Å². The summed E-state index contributed by atoms with van der Waals surface area (Å²) in [6, 6.07) is 0. The van der Waals surface area contributed by atoms with Crippen LogP contribution in [0.25, 0.3) is 0 Å². The number of ketones is 2. The lowest BCUT2D eigenvalue weighted by Gasteiger charge is -2.56. The topological polar surface area (TPSA) is 54.4 Å². The summed E-state index contributed by atoms with van der Waals surface area (Å²) in [5.41, 5.74) is 0.814. The quantitative estimate of drug-likeness (QED) is 0.802. The Kier molecular flexibility index (Phi) is 3.48. The Morgan fingerprint density at radius 2 is 1.96 bits per heavy atom. The van der Waals surface area contributed by atoms with E-state index in [1.54, 1.807) is 12.2 Å². The van der Waals surface area contributed by atoms with Gasteiger partial charge in [-0.25, -0.2) is 0 Å². The van der Waals surface area contributed by atoms with Crippen molar-refractivity contribution in [2.75, 3.05) is 0 Å². The van der Waals surface area contributed by atoms with E-state index in [9.17, 15) is 14.7 Å². The highest BCUT2D eigenvalue weighted by atomic mass is 16.3. The Balaban J connectivity index is 1.74. The van der Waals surface area contributed by atoms with Crippen molar-refractivity contribution in [3.8, 4) is 0 Å². The Bertz CT molecular complexity index is 658. The van der Waals surface area contributed by atoms with Gasteiger partial charge in [-0.1, -0.05) is 25.5 Å². The average molecular weight is 328 g/mol. The van der Waals surface area contributed by atoms with Crippen molar-refractivity contribution < 1.29 is 14.7 Å². The van der Waals surface area contributed by atoms with E-state index in [1.807, 2.05) is 13.0 Å². The molecule has 0 spiro atoms. The molecule has 0 aliphatic heterocycles. The number of fused-ring (bicyclic) bond motifs is 5. The summed E-state index contributed by atoms with van der Waals surface area (Å²) in [6.07, 6.45) is 9.75. The van der Waals surface area contributed by atoms with E-state index in [2.05, 4.69) is 13.8 Å². The summed E-state index contributed by atoms with van der Waals surface area (Å²) in [7, 11) is 0. The summed E-state index contributed by atoms with van der Waals surface area (Å²) in [6.45, 7) is 6.28. The molecule has 0 radical (unpaired) electrons. The van der Waals surface area contributed by atoms with E-state index in [-0.39, 0.29) is 34.6 Å². The molecule has 0 unspecified atom stereocenters. The zero-order valence-electron chi connectivity index (χ0n) is 14.9. The van der Waals surface area contributed by atoms with Crippen LogP contribution < -0.4 is 0 Å². The first kappa shape index (κ1) is 16.3. The molecule has 3 heteroatoms. The minimum absolute atomic E-state index is 0.00711. The van der Waals surface area contributed by atoms with Crippen molar-refractivity contribution in [3.05, 3.63) is 23.8 Å². The Morgan fingerprint density at radius 1 is 1.21 bits per heavy atom. The molecular formula is C21H28O3. The molecule has 7 atom stereocenters. The fourth-order valence-corrected chi connectivity index (χ4v) is 6.86. The lowest BCUT2D eigenvalue weighted by molar-refractivity contribution is -0.144. The van der Waals surface area contributed by atoms with Crippen LogP contribution in [0, 0.1) is 34.5 Å². The van der Waals surface area contributed by atoms with E-state index in [1.165, 1.54) is 0 Å². The third-order valence-corrected chi connectivity index (χ3v) is 7.91. The van der Waals surface area contributed by atoms with Gasteiger partial charge in [-0.15, -0.1) is 0 Å². The minimum Gasteiger partial charge on any atom is -0.393 e. The SMILES string of the molecule is C[C@H](O)[C@H]1CC[C@H]2[C@@H]3CCC4=CC(=O)C=C[C@]4(C)[C@H]3C(=O)C[C@]12C. The number of hydrogen-bond acceptors (Lipinski definition) is 3. The van der Waals surface area contributed by atoms with Gasteiger partial charge < -0.3 is 5.11 Å². The van der Waals surface area contributed by atoms with Crippen molar-refractivity contribution in [1.29, 1.82) is 0 Å². The van der Waals surface area contributed by atoms with Crippen molar-refractivity contribution >= 4 is 11.6 Å². The molecule has 0 heterocycles. The normalized spacial score (nSPS) is 48.4. The van der Waals surface area contributed by atoms with Gasteiger partial charge in [0.05, 0.1) is 6.10 Å². The second-order valence-electron chi connectivity index (χ2n) is 9.05. The number of carbonyl (C=O) groups excluding carboxylic acids is 2. The summed E-state index contributed by atoms with van der Waals surface area (Å²) in [5.74, 6) is 1.56. The van der Waals surface area contributed by atoms with Gasteiger partial charge in [-0.05, 0) is 67.9 Å². The number of allylic oxidation sites excluding steroid dienone is 4. The summed E-state index contributed by atoms with van der Waals surface area (Å²) < 4.78 is 0. The van der Waals surface area contributed by atoms with E-state index in [0.717, 1.165) is 31.3 Å². The summed E-state index contributed by atoms with van der Waals surface area (Å²) in [4.78, 5) is 25.0. The molecule has 3 fully saturated rings. The molecule has 24 heavy (non-hydrogen) atoms. The van der Waals surface area contributed by atoms with Crippen LogP contribution in [-0.2, 0) is 9.59 Å². The van der Waals surface area contributed by atoms with Gasteiger partial charge in [0.1, 0.15) is 5.78 Å². The van der Waals surface area contributed by atoms with Crippen LogP contribution in [0.4, 0.5) is 0 Å². The Morgan fingerprint density at radius 3 is 2.67 bits per heavy atom. The molecule has 0 saturated heterocycles. The second-order valence-corrected chi connectivity index (χ2v) is 9.05. The lowest BCUT2D eigenvalue weighted by atomic mass is 9.47. The number of aliphatic hydroxyl groups excluding tert-OH is 1. The maximum atomic E-state index is 13.3. The second kappa shape index (κ2) is 5.14. The van der Waals surface area contributed by atoms with Crippen LogP contribution in [0.5, 0.6) is 0 Å². The van der Waals surface area contributed by atoms with Crippen LogP contribution in [0.2, 0.25) is 0 Å². The molecule has 3 saturated carbocycles. The van der Waals surface area contributed by atoms with E-state index in [0.29, 0.717) is 24.0 Å².